The Morgan fingerprint density at radius 2 is 1.70 bits per heavy atom. The van der Waals surface area contributed by atoms with Crippen molar-refractivity contribution in [2.75, 3.05) is 31.1 Å². The minimum atomic E-state index is 0.386. The van der Waals surface area contributed by atoms with Crippen molar-refractivity contribution in [2.24, 2.45) is 0 Å². The topological polar surface area (TPSA) is 55.2 Å². The molecule has 0 aromatic carbocycles. The predicted molar refractivity (Wildman–Crippen MR) is 126 cm³/mol. The standard InChI is InChI=1S/C24H35N5S/c1-17(2)22-20-11-7-6-10-19(20)21(16-25)23(27-22)28-12-14-29(15-13-28)24(30)26-18-8-4-3-5-9-18/h17-18H,3-15H2,1-2H3,(H,26,30). The highest BCUT2D eigenvalue weighted by molar-refractivity contribution is 7.80. The molecule has 5 nitrogen and oxygen atoms in total. The zero-order chi connectivity index (χ0) is 21.1. The second-order valence-electron chi connectivity index (χ2n) is 9.38. The molecule has 0 radical (unpaired) electrons. The first-order chi connectivity index (χ1) is 14.6. The minimum Gasteiger partial charge on any atom is -0.360 e. The molecule has 2 fully saturated rings. The van der Waals surface area contributed by atoms with Gasteiger partial charge in [-0.25, -0.2) is 4.98 Å². The first-order valence-corrected chi connectivity index (χ1v) is 12.3. The van der Waals surface area contributed by atoms with Gasteiger partial charge in [-0.15, -0.1) is 0 Å². The number of anilines is 1. The molecule has 0 amide bonds. The van der Waals surface area contributed by atoms with Gasteiger partial charge in [0.1, 0.15) is 11.9 Å². The molecule has 0 bridgehead atoms. The van der Waals surface area contributed by atoms with Gasteiger partial charge in [0.15, 0.2) is 5.11 Å². The molecular formula is C24H35N5S. The van der Waals surface area contributed by atoms with Crippen LogP contribution in [0.2, 0.25) is 0 Å². The molecule has 2 heterocycles. The largest absolute Gasteiger partial charge is 0.360 e. The number of thiocarbonyl (C=S) groups is 1. The van der Waals surface area contributed by atoms with E-state index >= 15 is 0 Å². The molecule has 3 aliphatic rings. The monoisotopic (exact) mass is 425 g/mol. The second-order valence-corrected chi connectivity index (χ2v) is 9.77. The van der Waals surface area contributed by atoms with Crippen LogP contribution in [0.15, 0.2) is 0 Å². The number of fused-ring (bicyclic) bond motifs is 1. The number of pyridine rings is 1. The summed E-state index contributed by atoms with van der Waals surface area (Å²) in [6, 6.07) is 3.07. The van der Waals surface area contributed by atoms with Crippen molar-refractivity contribution in [3.8, 4) is 6.07 Å². The Balaban J connectivity index is 1.48. The smallest absolute Gasteiger partial charge is 0.169 e. The van der Waals surface area contributed by atoms with Crippen LogP contribution in [0.1, 0.15) is 87.1 Å². The van der Waals surface area contributed by atoms with E-state index < -0.39 is 0 Å². The molecule has 1 aromatic heterocycles. The van der Waals surface area contributed by atoms with Crippen molar-refractivity contribution < 1.29 is 0 Å². The van der Waals surface area contributed by atoms with Crippen LogP contribution in [0.5, 0.6) is 0 Å². The Morgan fingerprint density at radius 3 is 2.33 bits per heavy atom. The number of aromatic nitrogens is 1. The molecule has 0 spiro atoms. The molecular weight excluding hydrogens is 390 g/mol. The summed E-state index contributed by atoms with van der Waals surface area (Å²) in [6.07, 6.45) is 10.9. The van der Waals surface area contributed by atoms with E-state index in [0.717, 1.165) is 55.5 Å². The van der Waals surface area contributed by atoms with Gasteiger partial charge in [-0.1, -0.05) is 33.1 Å². The molecule has 0 atom stereocenters. The fraction of sp³-hybridized carbons (Fsp3) is 0.708. The van der Waals surface area contributed by atoms with Gasteiger partial charge in [0.05, 0.1) is 5.56 Å². The van der Waals surface area contributed by atoms with Gasteiger partial charge in [-0.3, -0.25) is 0 Å². The molecule has 1 aliphatic heterocycles. The van der Waals surface area contributed by atoms with E-state index in [1.807, 2.05) is 0 Å². The Bertz CT molecular complexity index is 814. The highest BCUT2D eigenvalue weighted by Crippen LogP contribution is 2.35. The average molecular weight is 426 g/mol. The Hall–Kier alpha value is -1.87. The van der Waals surface area contributed by atoms with Crippen molar-refractivity contribution >= 4 is 23.1 Å². The second kappa shape index (κ2) is 9.51. The van der Waals surface area contributed by atoms with E-state index in [1.54, 1.807) is 0 Å². The van der Waals surface area contributed by atoms with E-state index in [0.29, 0.717) is 12.0 Å². The predicted octanol–water partition coefficient (Wildman–Crippen LogP) is 4.28. The maximum atomic E-state index is 10.00. The van der Waals surface area contributed by atoms with Crippen molar-refractivity contribution in [1.29, 1.82) is 5.26 Å². The summed E-state index contributed by atoms with van der Waals surface area (Å²) in [6.45, 7) is 7.95. The lowest BCUT2D eigenvalue weighted by atomic mass is 9.85. The molecule has 162 valence electrons. The zero-order valence-corrected chi connectivity index (χ0v) is 19.4. The number of hydrogen-bond donors (Lipinski definition) is 1. The third kappa shape index (κ3) is 4.42. The zero-order valence-electron chi connectivity index (χ0n) is 18.5. The maximum Gasteiger partial charge on any atom is 0.169 e. The van der Waals surface area contributed by atoms with E-state index in [1.165, 1.54) is 61.8 Å². The molecule has 1 N–H and O–H groups in total. The molecule has 6 heteroatoms. The first kappa shape index (κ1) is 21.4. The van der Waals surface area contributed by atoms with Crippen LogP contribution in [0, 0.1) is 11.3 Å². The first-order valence-electron chi connectivity index (χ1n) is 11.8. The summed E-state index contributed by atoms with van der Waals surface area (Å²) in [5.41, 5.74) is 4.66. The molecule has 0 unspecified atom stereocenters. The summed E-state index contributed by atoms with van der Waals surface area (Å²) >= 11 is 5.72. The van der Waals surface area contributed by atoms with Crippen molar-refractivity contribution in [1.82, 2.24) is 15.2 Å². The third-order valence-electron chi connectivity index (χ3n) is 6.99. The van der Waals surface area contributed by atoms with Crippen LogP contribution >= 0.6 is 12.2 Å². The third-order valence-corrected chi connectivity index (χ3v) is 7.36. The van der Waals surface area contributed by atoms with Gasteiger partial charge in [0.25, 0.3) is 0 Å². The van der Waals surface area contributed by atoms with E-state index in [2.05, 4.69) is 35.0 Å². The van der Waals surface area contributed by atoms with Gasteiger partial charge >= 0.3 is 0 Å². The van der Waals surface area contributed by atoms with Crippen LogP contribution in [0.3, 0.4) is 0 Å². The maximum absolute atomic E-state index is 10.00. The summed E-state index contributed by atoms with van der Waals surface area (Å²) in [7, 11) is 0. The minimum absolute atomic E-state index is 0.386. The number of hydrogen-bond acceptors (Lipinski definition) is 4. The normalized spacial score (nSPS) is 20.1. The quantitative estimate of drug-likeness (QED) is 0.730. The highest BCUT2D eigenvalue weighted by Gasteiger charge is 2.28. The summed E-state index contributed by atoms with van der Waals surface area (Å²) in [4.78, 5) is 9.70. The summed E-state index contributed by atoms with van der Waals surface area (Å²) in [5.74, 6) is 1.30. The van der Waals surface area contributed by atoms with Crippen LogP contribution in [0.25, 0.3) is 0 Å². The van der Waals surface area contributed by atoms with E-state index in [-0.39, 0.29) is 0 Å². The molecule has 1 saturated heterocycles. The van der Waals surface area contributed by atoms with Crippen molar-refractivity contribution in [3.05, 3.63) is 22.4 Å². The number of rotatable bonds is 3. The Morgan fingerprint density at radius 1 is 1.03 bits per heavy atom. The lowest BCUT2D eigenvalue weighted by molar-refractivity contribution is 0.354. The number of nitriles is 1. The Labute approximate surface area is 186 Å². The molecule has 1 aromatic rings. The summed E-state index contributed by atoms with van der Waals surface area (Å²) < 4.78 is 0. The molecule has 4 rings (SSSR count). The lowest BCUT2D eigenvalue weighted by Crippen LogP contribution is -2.54. The van der Waals surface area contributed by atoms with Crippen molar-refractivity contribution in [3.63, 3.8) is 0 Å². The fourth-order valence-electron chi connectivity index (χ4n) is 5.29. The van der Waals surface area contributed by atoms with Gasteiger partial charge in [-0.2, -0.15) is 5.26 Å². The Kier molecular flexibility index (Phi) is 6.77. The van der Waals surface area contributed by atoms with Gasteiger partial charge in [0, 0.05) is 37.9 Å². The number of nitrogens with zero attached hydrogens (tertiary/aromatic N) is 4. The van der Waals surface area contributed by atoms with Crippen LogP contribution < -0.4 is 10.2 Å². The molecule has 2 aliphatic carbocycles. The van der Waals surface area contributed by atoms with Gasteiger partial charge in [0.2, 0.25) is 0 Å². The lowest BCUT2D eigenvalue weighted by Gasteiger charge is -2.39. The van der Waals surface area contributed by atoms with E-state index in [9.17, 15) is 5.26 Å². The number of nitrogens with one attached hydrogen (secondary N) is 1. The van der Waals surface area contributed by atoms with Crippen molar-refractivity contribution in [2.45, 2.75) is 83.6 Å². The van der Waals surface area contributed by atoms with Crippen LogP contribution in [-0.2, 0) is 12.8 Å². The average Bonchev–Trinajstić information content (AvgIpc) is 2.78. The van der Waals surface area contributed by atoms with E-state index in [4.69, 9.17) is 17.2 Å². The van der Waals surface area contributed by atoms with Crippen LogP contribution in [-0.4, -0.2) is 47.2 Å². The van der Waals surface area contributed by atoms with Gasteiger partial charge in [-0.05, 0) is 67.8 Å². The highest BCUT2D eigenvalue weighted by atomic mass is 32.1. The number of piperazine rings is 1. The summed E-state index contributed by atoms with van der Waals surface area (Å²) in [5, 5.41) is 14.5. The van der Waals surface area contributed by atoms with Crippen LogP contribution in [0.4, 0.5) is 5.82 Å². The van der Waals surface area contributed by atoms with Gasteiger partial charge < -0.3 is 15.1 Å². The fourth-order valence-corrected chi connectivity index (χ4v) is 5.64. The SMILES string of the molecule is CC(C)c1nc(N2CCN(C(=S)NC3CCCCC3)CC2)c(C#N)c2c1CCCC2. The molecule has 30 heavy (non-hydrogen) atoms. The molecule has 1 saturated carbocycles.